The van der Waals surface area contributed by atoms with Crippen molar-refractivity contribution in [1.29, 1.82) is 0 Å². The Balaban J connectivity index is 1.99. The standard InChI is InChI=1S/C16H16N2O2/c1-20-14-8-4-6-12(15(14)17)16(19)18-10-9-11-5-2-3-7-13(11)18/h2-8H,9-10,17H2,1H3. The van der Waals surface area contributed by atoms with Crippen LogP contribution in [0.3, 0.4) is 0 Å². The lowest BCUT2D eigenvalue weighted by atomic mass is 10.1. The fraction of sp³-hybridized carbons (Fsp3) is 0.188. The number of nitrogens with two attached hydrogens (primary N) is 1. The first-order chi connectivity index (χ1) is 9.72. The fourth-order valence-corrected chi connectivity index (χ4v) is 2.60. The van der Waals surface area contributed by atoms with Gasteiger partial charge in [0.1, 0.15) is 5.75 Å². The molecule has 2 aromatic carbocycles. The molecular weight excluding hydrogens is 252 g/mol. The van der Waals surface area contributed by atoms with Gasteiger partial charge in [-0.2, -0.15) is 0 Å². The van der Waals surface area contributed by atoms with E-state index in [9.17, 15) is 4.79 Å². The summed E-state index contributed by atoms with van der Waals surface area (Å²) in [7, 11) is 1.55. The molecule has 102 valence electrons. The maximum Gasteiger partial charge on any atom is 0.260 e. The minimum atomic E-state index is -0.0775. The van der Waals surface area contributed by atoms with E-state index in [2.05, 4.69) is 6.07 Å². The van der Waals surface area contributed by atoms with E-state index in [1.807, 2.05) is 18.2 Å². The summed E-state index contributed by atoms with van der Waals surface area (Å²) < 4.78 is 5.17. The molecule has 2 aromatic rings. The van der Waals surface area contributed by atoms with E-state index >= 15 is 0 Å². The summed E-state index contributed by atoms with van der Waals surface area (Å²) in [5, 5.41) is 0. The van der Waals surface area contributed by atoms with Crippen molar-refractivity contribution in [2.75, 3.05) is 24.3 Å². The molecule has 2 N–H and O–H groups in total. The number of hydrogen-bond acceptors (Lipinski definition) is 3. The first-order valence-electron chi connectivity index (χ1n) is 6.54. The van der Waals surface area contributed by atoms with Gasteiger partial charge in [-0.1, -0.05) is 24.3 Å². The van der Waals surface area contributed by atoms with Gasteiger partial charge in [0, 0.05) is 12.2 Å². The molecule has 0 bridgehead atoms. The molecule has 0 atom stereocenters. The van der Waals surface area contributed by atoms with Gasteiger partial charge < -0.3 is 15.4 Å². The number of carbonyl (C=O) groups excluding carboxylic acids is 1. The zero-order valence-electron chi connectivity index (χ0n) is 11.3. The molecule has 4 heteroatoms. The molecule has 0 spiro atoms. The topological polar surface area (TPSA) is 55.6 Å². The molecule has 1 heterocycles. The number of fused-ring (bicyclic) bond motifs is 1. The molecule has 1 aliphatic rings. The predicted octanol–water partition coefficient (Wildman–Crippen LogP) is 2.48. The Labute approximate surface area is 117 Å². The number of carbonyl (C=O) groups is 1. The van der Waals surface area contributed by atoms with E-state index in [0.717, 1.165) is 12.1 Å². The second kappa shape index (κ2) is 4.89. The van der Waals surface area contributed by atoms with E-state index in [-0.39, 0.29) is 5.91 Å². The van der Waals surface area contributed by atoms with Crippen LogP contribution in [0, 0.1) is 0 Å². The largest absolute Gasteiger partial charge is 0.495 e. The van der Waals surface area contributed by atoms with Gasteiger partial charge in [0.2, 0.25) is 0 Å². The highest BCUT2D eigenvalue weighted by atomic mass is 16.5. The third-order valence-corrected chi connectivity index (χ3v) is 3.65. The molecular formula is C16H16N2O2. The van der Waals surface area contributed by atoms with Gasteiger partial charge in [-0.05, 0) is 30.2 Å². The third-order valence-electron chi connectivity index (χ3n) is 3.65. The number of rotatable bonds is 2. The Bertz CT molecular complexity index is 667. The normalized spacial score (nSPS) is 13.2. The number of nitrogens with zero attached hydrogens (tertiary/aromatic N) is 1. The number of amides is 1. The van der Waals surface area contributed by atoms with E-state index in [4.69, 9.17) is 10.5 Å². The summed E-state index contributed by atoms with van der Waals surface area (Å²) in [4.78, 5) is 14.5. The lowest BCUT2D eigenvalue weighted by Crippen LogP contribution is -2.29. The SMILES string of the molecule is COc1cccc(C(=O)N2CCc3ccccc32)c1N. The molecule has 1 aliphatic heterocycles. The van der Waals surface area contributed by atoms with Crippen molar-refractivity contribution >= 4 is 17.3 Å². The van der Waals surface area contributed by atoms with Crippen LogP contribution in [0.1, 0.15) is 15.9 Å². The van der Waals surface area contributed by atoms with Crippen LogP contribution in [0.25, 0.3) is 0 Å². The Hall–Kier alpha value is -2.49. The van der Waals surface area contributed by atoms with E-state index in [1.54, 1.807) is 30.2 Å². The van der Waals surface area contributed by atoms with Crippen LogP contribution in [0.2, 0.25) is 0 Å². The molecule has 20 heavy (non-hydrogen) atoms. The lowest BCUT2D eigenvalue weighted by Gasteiger charge is -2.19. The van der Waals surface area contributed by atoms with Crippen LogP contribution in [-0.2, 0) is 6.42 Å². The molecule has 4 nitrogen and oxygen atoms in total. The minimum Gasteiger partial charge on any atom is -0.495 e. The van der Waals surface area contributed by atoms with Crippen LogP contribution >= 0.6 is 0 Å². The molecule has 0 radical (unpaired) electrons. The average molecular weight is 268 g/mol. The molecule has 0 aliphatic carbocycles. The van der Waals surface area contributed by atoms with Crippen molar-refractivity contribution in [3.05, 3.63) is 53.6 Å². The zero-order chi connectivity index (χ0) is 14.1. The van der Waals surface area contributed by atoms with Gasteiger partial charge in [-0.25, -0.2) is 0 Å². The summed E-state index contributed by atoms with van der Waals surface area (Å²) >= 11 is 0. The number of ether oxygens (including phenoxy) is 1. The number of benzene rings is 2. The number of hydrogen-bond donors (Lipinski definition) is 1. The summed E-state index contributed by atoms with van der Waals surface area (Å²) in [5.41, 5.74) is 9.06. The Morgan fingerprint density at radius 2 is 2.00 bits per heavy atom. The highest BCUT2D eigenvalue weighted by Gasteiger charge is 2.26. The van der Waals surface area contributed by atoms with Gasteiger partial charge in [-0.3, -0.25) is 4.79 Å². The predicted molar refractivity (Wildman–Crippen MR) is 79.2 cm³/mol. The number of para-hydroxylation sites is 2. The second-order valence-corrected chi connectivity index (χ2v) is 4.76. The molecule has 3 rings (SSSR count). The molecule has 0 saturated heterocycles. The van der Waals surface area contributed by atoms with Crippen LogP contribution < -0.4 is 15.4 Å². The smallest absolute Gasteiger partial charge is 0.260 e. The van der Waals surface area contributed by atoms with Crippen molar-refractivity contribution in [1.82, 2.24) is 0 Å². The summed E-state index contributed by atoms with van der Waals surface area (Å²) in [5.74, 6) is 0.453. The van der Waals surface area contributed by atoms with Crippen molar-refractivity contribution in [3.63, 3.8) is 0 Å². The van der Waals surface area contributed by atoms with E-state index in [0.29, 0.717) is 23.5 Å². The van der Waals surface area contributed by atoms with Gasteiger partial charge in [0.25, 0.3) is 5.91 Å². The van der Waals surface area contributed by atoms with E-state index in [1.165, 1.54) is 5.56 Å². The Morgan fingerprint density at radius 1 is 1.20 bits per heavy atom. The first-order valence-corrected chi connectivity index (χ1v) is 6.54. The van der Waals surface area contributed by atoms with Crippen LogP contribution in [0.15, 0.2) is 42.5 Å². The minimum absolute atomic E-state index is 0.0775. The zero-order valence-corrected chi connectivity index (χ0v) is 11.3. The monoisotopic (exact) mass is 268 g/mol. The highest BCUT2D eigenvalue weighted by molar-refractivity contribution is 6.10. The van der Waals surface area contributed by atoms with Crippen molar-refractivity contribution in [3.8, 4) is 5.75 Å². The van der Waals surface area contributed by atoms with Crippen molar-refractivity contribution in [2.24, 2.45) is 0 Å². The van der Waals surface area contributed by atoms with Crippen molar-refractivity contribution < 1.29 is 9.53 Å². The third kappa shape index (κ3) is 1.90. The Morgan fingerprint density at radius 3 is 2.80 bits per heavy atom. The number of anilines is 2. The highest BCUT2D eigenvalue weighted by Crippen LogP contribution is 2.32. The maximum absolute atomic E-state index is 12.7. The molecule has 0 aromatic heterocycles. The second-order valence-electron chi connectivity index (χ2n) is 4.76. The number of nitrogen functional groups attached to an aromatic ring is 1. The summed E-state index contributed by atoms with van der Waals surface area (Å²) in [6.07, 6.45) is 0.881. The van der Waals surface area contributed by atoms with Crippen LogP contribution in [-0.4, -0.2) is 19.6 Å². The Kier molecular flexibility index (Phi) is 3.06. The quantitative estimate of drug-likeness (QED) is 0.851. The van der Waals surface area contributed by atoms with Gasteiger partial charge >= 0.3 is 0 Å². The van der Waals surface area contributed by atoms with Crippen LogP contribution in [0.5, 0.6) is 5.75 Å². The van der Waals surface area contributed by atoms with E-state index < -0.39 is 0 Å². The van der Waals surface area contributed by atoms with Gasteiger partial charge in [-0.15, -0.1) is 0 Å². The summed E-state index contributed by atoms with van der Waals surface area (Å²) in [6.45, 7) is 0.689. The summed E-state index contributed by atoms with van der Waals surface area (Å²) in [6, 6.07) is 13.2. The van der Waals surface area contributed by atoms with Crippen LogP contribution in [0.4, 0.5) is 11.4 Å². The molecule has 1 amide bonds. The fourth-order valence-electron chi connectivity index (χ4n) is 2.60. The molecule has 0 saturated carbocycles. The molecule has 0 fully saturated rings. The lowest BCUT2D eigenvalue weighted by molar-refractivity contribution is 0.0990. The van der Waals surface area contributed by atoms with Gasteiger partial charge in [0.15, 0.2) is 0 Å². The maximum atomic E-state index is 12.7. The van der Waals surface area contributed by atoms with Gasteiger partial charge in [0.05, 0.1) is 18.4 Å². The van der Waals surface area contributed by atoms with Crippen molar-refractivity contribution in [2.45, 2.75) is 6.42 Å². The first kappa shape index (κ1) is 12.5. The molecule has 0 unspecified atom stereocenters. The number of methoxy groups -OCH3 is 1. The average Bonchev–Trinajstić information content (AvgIpc) is 2.91.